The minimum Gasteiger partial charge on any atom is -0.261 e. The van der Waals surface area contributed by atoms with Crippen LogP contribution in [-0.4, -0.2) is 6.21 Å². The molecule has 0 bridgehead atoms. The van der Waals surface area contributed by atoms with Gasteiger partial charge in [0.1, 0.15) is 0 Å². The second kappa shape index (κ2) is 5.53. The van der Waals surface area contributed by atoms with Gasteiger partial charge in [0.05, 0.1) is 5.70 Å². The van der Waals surface area contributed by atoms with Gasteiger partial charge in [0.25, 0.3) is 0 Å². The van der Waals surface area contributed by atoms with Crippen LogP contribution in [-0.2, 0) is 0 Å². The summed E-state index contributed by atoms with van der Waals surface area (Å²) in [5, 5.41) is 0. The molecule has 0 spiro atoms. The maximum Gasteiger partial charge on any atom is 0.0651 e. The number of nitrogens with zero attached hydrogens (tertiary/aromatic N) is 1. The van der Waals surface area contributed by atoms with E-state index in [0.29, 0.717) is 0 Å². The summed E-state index contributed by atoms with van der Waals surface area (Å²) >= 11 is 0. The molecule has 0 saturated carbocycles. The van der Waals surface area contributed by atoms with E-state index in [9.17, 15) is 0 Å². The number of allylic oxidation sites excluding steroid dienone is 4. The molecule has 0 aliphatic carbocycles. The molecular formula is C11H17N. The van der Waals surface area contributed by atoms with Gasteiger partial charge in [-0.1, -0.05) is 18.2 Å². The van der Waals surface area contributed by atoms with Gasteiger partial charge < -0.3 is 0 Å². The highest BCUT2D eigenvalue weighted by Gasteiger charge is 1.93. The Bertz CT molecular complexity index is 242. The number of aliphatic imine (C=N–C) groups is 1. The van der Waals surface area contributed by atoms with Gasteiger partial charge in [-0.3, -0.25) is 4.99 Å². The maximum atomic E-state index is 4.21. The van der Waals surface area contributed by atoms with Crippen molar-refractivity contribution in [1.29, 1.82) is 0 Å². The van der Waals surface area contributed by atoms with Crippen molar-refractivity contribution in [3.63, 3.8) is 0 Å². The first kappa shape index (κ1) is 10.9. The van der Waals surface area contributed by atoms with Crippen molar-refractivity contribution in [3.8, 4) is 0 Å². The smallest absolute Gasteiger partial charge is 0.0651 e. The topological polar surface area (TPSA) is 12.4 Å². The predicted octanol–water partition coefficient (Wildman–Crippen LogP) is 3.50. The van der Waals surface area contributed by atoms with Gasteiger partial charge in [0.2, 0.25) is 0 Å². The van der Waals surface area contributed by atoms with Crippen molar-refractivity contribution in [3.05, 3.63) is 35.6 Å². The highest BCUT2D eigenvalue weighted by atomic mass is 14.7. The van der Waals surface area contributed by atoms with Gasteiger partial charge in [-0.15, -0.1) is 0 Å². The van der Waals surface area contributed by atoms with E-state index >= 15 is 0 Å². The van der Waals surface area contributed by atoms with E-state index in [-0.39, 0.29) is 0 Å². The fourth-order valence-electron chi connectivity index (χ4n) is 0.709. The van der Waals surface area contributed by atoms with Crippen molar-refractivity contribution in [2.45, 2.75) is 27.7 Å². The van der Waals surface area contributed by atoms with Crippen molar-refractivity contribution in [1.82, 2.24) is 0 Å². The highest BCUT2D eigenvalue weighted by molar-refractivity contribution is 5.57. The standard InChI is InChI=1S/C11H17N/c1-6-10(5)8-11(9(3)4)12-7-2/h6-8H,3H2,1-2,4-5H3/b10-6-,11-8+,12-7?. The first-order valence-electron chi connectivity index (χ1n) is 4.11. The van der Waals surface area contributed by atoms with Crippen molar-refractivity contribution >= 4 is 6.21 Å². The van der Waals surface area contributed by atoms with Crippen LogP contribution >= 0.6 is 0 Å². The molecule has 0 N–H and O–H groups in total. The van der Waals surface area contributed by atoms with Crippen LogP contribution in [0, 0.1) is 0 Å². The summed E-state index contributed by atoms with van der Waals surface area (Å²) in [7, 11) is 0. The molecule has 0 saturated heterocycles. The van der Waals surface area contributed by atoms with Crippen LogP contribution in [0.1, 0.15) is 27.7 Å². The Kier molecular flexibility index (Phi) is 5.02. The Hall–Kier alpha value is -1.11. The van der Waals surface area contributed by atoms with E-state index in [1.54, 1.807) is 6.21 Å². The molecule has 0 aromatic carbocycles. The van der Waals surface area contributed by atoms with Crippen LogP contribution in [0.25, 0.3) is 0 Å². The Morgan fingerprint density at radius 3 is 2.17 bits per heavy atom. The van der Waals surface area contributed by atoms with Crippen molar-refractivity contribution in [2.75, 3.05) is 0 Å². The van der Waals surface area contributed by atoms with Gasteiger partial charge >= 0.3 is 0 Å². The average Bonchev–Trinajstić information content (AvgIpc) is 2.03. The summed E-state index contributed by atoms with van der Waals surface area (Å²) < 4.78 is 0. The summed E-state index contributed by atoms with van der Waals surface area (Å²) in [5.41, 5.74) is 3.15. The molecule has 0 aliphatic rings. The number of hydrogen-bond acceptors (Lipinski definition) is 1. The zero-order valence-corrected chi connectivity index (χ0v) is 8.39. The third kappa shape index (κ3) is 3.91. The van der Waals surface area contributed by atoms with Gasteiger partial charge in [0.15, 0.2) is 0 Å². The lowest BCUT2D eigenvalue weighted by Gasteiger charge is -1.99. The third-order valence-corrected chi connectivity index (χ3v) is 1.53. The zero-order valence-electron chi connectivity index (χ0n) is 8.39. The Balaban J connectivity index is 4.73. The molecule has 0 aromatic rings. The van der Waals surface area contributed by atoms with Crippen LogP contribution in [0.4, 0.5) is 0 Å². The second-order valence-corrected chi connectivity index (χ2v) is 2.73. The summed E-state index contributed by atoms with van der Waals surface area (Å²) in [6.45, 7) is 11.8. The minimum atomic E-state index is 0.952. The summed E-state index contributed by atoms with van der Waals surface area (Å²) in [4.78, 5) is 4.21. The van der Waals surface area contributed by atoms with Crippen LogP contribution in [0.5, 0.6) is 0 Å². The predicted molar refractivity (Wildman–Crippen MR) is 56.5 cm³/mol. The number of rotatable bonds is 3. The quantitative estimate of drug-likeness (QED) is 0.446. The van der Waals surface area contributed by atoms with Crippen LogP contribution in [0.15, 0.2) is 40.6 Å². The molecule has 0 heterocycles. The average molecular weight is 163 g/mol. The van der Waals surface area contributed by atoms with Crippen molar-refractivity contribution < 1.29 is 0 Å². The maximum absolute atomic E-state index is 4.21. The SMILES string of the molecule is C=C(C)/C(=C\C(C)=C/C)N=CC. The molecule has 1 nitrogen and oxygen atoms in total. The summed E-state index contributed by atoms with van der Waals surface area (Å²) in [5.74, 6) is 0. The fraction of sp³-hybridized carbons (Fsp3) is 0.364. The lowest BCUT2D eigenvalue weighted by Crippen LogP contribution is -1.81. The van der Waals surface area contributed by atoms with E-state index in [1.165, 1.54) is 5.57 Å². The van der Waals surface area contributed by atoms with Gasteiger partial charge in [-0.2, -0.15) is 0 Å². The monoisotopic (exact) mass is 163 g/mol. The molecule has 12 heavy (non-hydrogen) atoms. The molecule has 1 heteroatoms. The molecule has 0 atom stereocenters. The van der Waals surface area contributed by atoms with Gasteiger partial charge in [-0.25, -0.2) is 0 Å². The normalized spacial score (nSPS) is 14.0. The van der Waals surface area contributed by atoms with Crippen LogP contribution < -0.4 is 0 Å². The summed E-state index contributed by atoms with van der Waals surface area (Å²) in [6.07, 6.45) is 5.86. The molecule has 0 unspecified atom stereocenters. The molecule has 0 aromatic heterocycles. The van der Waals surface area contributed by atoms with E-state index in [2.05, 4.69) is 11.6 Å². The van der Waals surface area contributed by atoms with E-state index in [1.807, 2.05) is 39.8 Å². The highest BCUT2D eigenvalue weighted by Crippen LogP contribution is 2.11. The summed E-state index contributed by atoms with van der Waals surface area (Å²) in [6, 6.07) is 0. The van der Waals surface area contributed by atoms with Crippen molar-refractivity contribution in [2.24, 2.45) is 4.99 Å². The largest absolute Gasteiger partial charge is 0.261 e. The first-order valence-corrected chi connectivity index (χ1v) is 4.11. The fourth-order valence-corrected chi connectivity index (χ4v) is 0.709. The third-order valence-electron chi connectivity index (χ3n) is 1.53. The molecule has 0 rings (SSSR count). The first-order chi connectivity index (χ1) is 5.61. The van der Waals surface area contributed by atoms with Gasteiger partial charge in [0, 0.05) is 6.21 Å². The lowest BCUT2D eigenvalue weighted by molar-refractivity contribution is 1.28. The lowest BCUT2D eigenvalue weighted by atomic mass is 10.2. The zero-order chi connectivity index (χ0) is 9.56. The van der Waals surface area contributed by atoms with Crippen LogP contribution in [0.3, 0.4) is 0 Å². The molecule has 0 fully saturated rings. The van der Waals surface area contributed by atoms with E-state index < -0.39 is 0 Å². The van der Waals surface area contributed by atoms with E-state index in [0.717, 1.165) is 11.3 Å². The minimum absolute atomic E-state index is 0.952. The molecule has 0 amide bonds. The number of hydrogen-bond donors (Lipinski definition) is 0. The molecule has 66 valence electrons. The second-order valence-electron chi connectivity index (χ2n) is 2.73. The Morgan fingerprint density at radius 1 is 1.25 bits per heavy atom. The molecular weight excluding hydrogens is 146 g/mol. The Labute approximate surface area is 75.2 Å². The van der Waals surface area contributed by atoms with Crippen LogP contribution in [0.2, 0.25) is 0 Å². The Morgan fingerprint density at radius 2 is 1.83 bits per heavy atom. The molecule has 0 radical (unpaired) electrons. The van der Waals surface area contributed by atoms with Gasteiger partial charge in [-0.05, 0) is 39.3 Å². The van der Waals surface area contributed by atoms with E-state index in [4.69, 9.17) is 0 Å². The molecule has 0 aliphatic heterocycles.